The Hall–Kier alpha value is -2.20. The number of sulfonamides is 1. The molecule has 1 aliphatic rings. The highest BCUT2D eigenvalue weighted by Crippen LogP contribution is 2.29. The van der Waals surface area contributed by atoms with Crippen molar-refractivity contribution in [3.8, 4) is 0 Å². The van der Waals surface area contributed by atoms with Crippen LogP contribution in [0.4, 0.5) is 11.4 Å². The highest BCUT2D eigenvalue weighted by Gasteiger charge is 2.28. The van der Waals surface area contributed by atoms with E-state index in [1.165, 1.54) is 16.4 Å². The number of halogens is 1. The Bertz CT molecular complexity index is 944. The minimum absolute atomic E-state index is 0.0932. The monoisotopic (exact) mass is 425 g/mol. The Morgan fingerprint density at radius 1 is 1.14 bits per heavy atom. The number of hydrogen-bond donors (Lipinski definition) is 1. The molecule has 1 fully saturated rings. The number of ether oxygens (including phenoxy) is 1. The van der Waals surface area contributed by atoms with Crippen LogP contribution in [-0.4, -0.2) is 50.5 Å². The molecule has 150 valence electrons. The standard InChI is InChI=1S/C18H20ClN3O5S/c19-15-3-1-14(2-4-15)7-8-20-17-6-5-16(13-18(17)22(23)24)28(25,26)21-9-11-27-12-10-21/h1-6,13,20H,7-12H2. The van der Waals surface area contributed by atoms with Gasteiger partial charge in [0.2, 0.25) is 10.0 Å². The van der Waals surface area contributed by atoms with E-state index in [4.69, 9.17) is 16.3 Å². The van der Waals surface area contributed by atoms with Crippen LogP contribution in [0.15, 0.2) is 47.4 Å². The molecule has 0 radical (unpaired) electrons. The van der Waals surface area contributed by atoms with E-state index < -0.39 is 14.9 Å². The number of nitrogens with one attached hydrogen (secondary N) is 1. The van der Waals surface area contributed by atoms with Gasteiger partial charge in [0.05, 0.1) is 23.0 Å². The van der Waals surface area contributed by atoms with Crippen molar-refractivity contribution in [3.05, 3.63) is 63.2 Å². The predicted molar refractivity (Wildman–Crippen MR) is 106 cm³/mol. The zero-order valence-electron chi connectivity index (χ0n) is 15.0. The molecule has 1 N–H and O–H groups in total. The van der Waals surface area contributed by atoms with E-state index in [1.807, 2.05) is 12.1 Å². The van der Waals surface area contributed by atoms with Gasteiger partial charge >= 0.3 is 0 Å². The van der Waals surface area contributed by atoms with Gasteiger partial charge in [-0.25, -0.2) is 8.42 Å². The first kappa shape index (κ1) is 20.5. The van der Waals surface area contributed by atoms with E-state index in [2.05, 4.69) is 5.32 Å². The van der Waals surface area contributed by atoms with Crippen LogP contribution in [-0.2, 0) is 21.2 Å². The minimum atomic E-state index is -3.79. The first-order chi connectivity index (χ1) is 13.4. The van der Waals surface area contributed by atoms with Crippen LogP contribution < -0.4 is 5.32 Å². The zero-order valence-corrected chi connectivity index (χ0v) is 16.6. The summed E-state index contributed by atoms with van der Waals surface area (Å²) in [6.45, 7) is 1.55. The normalized spacial score (nSPS) is 15.3. The Labute approximate surface area is 168 Å². The van der Waals surface area contributed by atoms with Gasteiger partial charge in [0.25, 0.3) is 5.69 Å². The first-order valence-electron chi connectivity index (χ1n) is 8.72. The van der Waals surface area contributed by atoms with Crippen LogP contribution >= 0.6 is 11.6 Å². The van der Waals surface area contributed by atoms with Crippen molar-refractivity contribution in [1.29, 1.82) is 0 Å². The Balaban J connectivity index is 1.75. The number of nitro benzene ring substituents is 1. The molecule has 3 rings (SSSR count). The lowest BCUT2D eigenvalue weighted by atomic mass is 10.1. The zero-order chi connectivity index (χ0) is 20.1. The van der Waals surface area contributed by atoms with Gasteiger partial charge in [-0.3, -0.25) is 10.1 Å². The second-order valence-electron chi connectivity index (χ2n) is 6.26. The van der Waals surface area contributed by atoms with Gasteiger partial charge in [-0.05, 0) is 36.2 Å². The summed E-state index contributed by atoms with van der Waals surface area (Å²) in [4.78, 5) is 10.8. The van der Waals surface area contributed by atoms with Crippen molar-refractivity contribution in [1.82, 2.24) is 4.31 Å². The molecule has 0 unspecified atom stereocenters. The van der Waals surface area contributed by atoms with E-state index >= 15 is 0 Å². The van der Waals surface area contributed by atoms with Gasteiger partial charge in [-0.15, -0.1) is 0 Å². The number of morpholine rings is 1. The molecule has 0 spiro atoms. The third kappa shape index (κ3) is 4.79. The number of benzene rings is 2. The molecule has 8 nitrogen and oxygen atoms in total. The maximum Gasteiger partial charge on any atom is 0.293 e. The van der Waals surface area contributed by atoms with Gasteiger partial charge in [-0.1, -0.05) is 23.7 Å². The Kier molecular flexibility index (Phi) is 6.50. The molecular formula is C18H20ClN3O5S. The van der Waals surface area contributed by atoms with Gasteiger partial charge < -0.3 is 10.1 Å². The molecule has 2 aromatic carbocycles. The van der Waals surface area contributed by atoms with Crippen molar-refractivity contribution in [2.24, 2.45) is 0 Å². The summed E-state index contributed by atoms with van der Waals surface area (Å²) in [5.74, 6) is 0. The quantitative estimate of drug-likeness (QED) is 0.540. The SMILES string of the molecule is O=[N+]([O-])c1cc(S(=O)(=O)N2CCOCC2)ccc1NCCc1ccc(Cl)cc1. The van der Waals surface area contributed by atoms with E-state index in [-0.39, 0.29) is 29.4 Å². The van der Waals surface area contributed by atoms with Gasteiger partial charge in [-0.2, -0.15) is 4.31 Å². The largest absolute Gasteiger partial charge is 0.379 e. The number of nitro groups is 1. The first-order valence-corrected chi connectivity index (χ1v) is 10.5. The van der Waals surface area contributed by atoms with Crippen LogP contribution in [0.3, 0.4) is 0 Å². The highest BCUT2D eigenvalue weighted by molar-refractivity contribution is 7.89. The predicted octanol–water partition coefficient (Wildman–Crippen LogP) is 2.92. The van der Waals surface area contributed by atoms with Crippen molar-refractivity contribution in [3.63, 3.8) is 0 Å². The fourth-order valence-electron chi connectivity index (χ4n) is 2.90. The molecule has 1 saturated heterocycles. The summed E-state index contributed by atoms with van der Waals surface area (Å²) in [5, 5.41) is 15.1. The summed E-state index contributed by atoms with van der Waals surface area (Å²) in [6, 6.07) is 11.3. The highest BCUT2D eigenvalue weighted by atomic mass is 35.5. The summed E-state index contributed by atoms with van der Waals surface area (Å²) in [6.07, 6.45) is 0.641. The molecule has 2 aromatic rings. The topological polar surface area (TPSA) is 102 Å². The lowest BCUT2D eigenvalue weighted by Gasteiger charge is -2.26. The summed E-state index contributed by atoms with van der Waals surface area (Å²) >= 11 is 5.85. The lowest BCUT2D eigenvalue weighted by Crippen LogP contribution is -2.40. The van der Waals surface area contributed by atoms with Gasteiger partial charge in [0, 0.05) is 30.7 Å². The summed E-state index contributed by atoms with van der Waals surface area (Å²) < 4.78 is 31.9. The summed E-state index contributed by atoms with van der Waals surface area (Å²) in [5.41, 5.74) is 1.04. The van der Waals surface area contributed by atoms with Crippen molar-refractivity contribution < 1.29 is 18.1 Å². The third-order valence-corrected chi connectivity index (χ3v) is 6.56. The van der Waals surface area contributed by atoms with Gasteiger partial charge in [0.1, 0.15) is 5.69 Å². The second kappa shape index (κ2) is 8.87. The molecule has 0 atom stereocenters. The maximum absolute atomic E-state index is 12.7. The lowest BCUT2D eigenvalue weighted by molar-refractivity contribution is -0.384. The van der Waals surface area contributed by atoms with Crippen molar-refractivity contribution in [2.45, 2.75) is 11.3 Å². The van der Waals surface area contributed by atoms with E-state index in [0.29, 0.717) is 31.2 Å². The molecular weight excluding hydrogens is 406 g/mol. The average molecular weight is 426 g/mol. The van der Waals surface area contributed by atoms with E-state index in [1.54, 1.807) is 12.1 Å². The molecule has 0 aromatic heterocycles. The number of hydrogen-bond acceptors (Lipinski definition) is 6. The molecule has 0 aliphatic carbocycles. The number of anilines is 1. The van der Waals surface area contributed by atoms with Crippen molar-refractivity contribution in [2.75, 3.05) is 38.2 Å². The molecule has 0 bridgehead atoms. The van der Waals surface area contributed by atoms with Crippen LogP contribution in [0.25, 0.3) is 0 Å². The fraction of sp³-hybridized carbons (Fsp3) is 0.333. The smallest absolute Gasteiger partial charge is 0.293 e. The maximum atomic E-state index is 12.7. The van der Waals surface area contributed by atoms with Crippen LogP contribution in [0.5, 0.6) is 0 Å². The average Bonchev–Trinajstić information content (AvgIpc) is 2.70. The Morgan fingerprint density at radius 3 is 2.46 bits per heavy atom. The van der Waals surface area contributed by atoms with Crippen LogP contribution in [0.2, 0.25) is 5.02 Å². The molecule has 28 heavy (non-hydrogen) atoms. The number of rotatable bonds is 7. The molecule has 1 heterocycles. The van der Waals surface area contributed by atoms with Gasteiger partial charge in [0.15, 0.2) is 0 Å². The molecule has 1 aliphatic heterocycles. The summed E-state index contributed by atoms with van der Waals surface area (Å²) in [7, 11) is -3.79. The Morgan fingerprint density at radius 2 is 1.82 bits per heavy atom. The molecule has 0 saturated carbocycles. The van der Waals surface area contributed by atoms with E-state index in [0.717, 1.165) is 11.6 Å². The van der Waals surface area contributed by atoms with Crippen molar-refractivity contribution >= 4 is 33.0 Å². The van der Waals surface area contributed by atoms with E-state index in [9.17, 15) is 18.5 Å². The second-order valence-corrected chi connectivity index (χ2v) is 8.63. The third-order valence-electron chi connectivity index (χ3n) is 4.42. The molecule has 10 heteroatoms. The number of nitrogens with zero attached hydrogens (tertiary/aromatic N) is 2. The van der Waals surface area contributed by atoms with Crippen LogP contribution in [0.1, 0.15) is 5.56 Å². The minimum Gasteiger partial charge on any atom is -0.379 e. The molecule has 0 amide bonds. The fourth-order valence-corrected chi connectivity index (χ4v) is 4.46. The van der Waals surface area contributed by atoms with Crippen LogP contribution in [0, 0.1) is 10.1 Å².